The van der Waals surface area contributed by atoms with Gasteiger partial charge in [0.1, 0.15) is 23.7 Å². The van der Waals surface area contributed by atoms with Gasteiger partial charge in [-0.3, -0.25) is 4.79 Å². The third-order valence-electron chi connectivity index (χ3n) is 3.65. The van der Waals surface area contributed by atoms with E-state index in [0.29, 0.717) is 23.9 Å². The van der Waals surface area contributed by atoms with Gasteiger partial charge in [0.25, 0.3) is 5.91 Å². The lowest BCUT2D eigenvalue weighted by atomic mass is 10.2. The molecule has 2 N–H and O–H groups in total. The molecule has 2 aromatic carbocycles. The second-order valence-corrected chi connectivity index (χ2v) is 6.01. The first-order valence-electron chi connectivity index (χ1n) is 7.93. The summed E-state index contributed by atoms with van der Waals surface area (Å²) < 4.78 is 12.9. The molecule has 0 bridgehead atoms. The predicted molar refractivity (Wildman–Crippen MR) is 98.4 cm³/mol. The number of anilines is 1. The Bertz CT molecular complexity index is 885. The molecule has 0 atom stereocenters. The molecule has 0 saturated heterocycles. The Hall–Kier alpha value is -2.99. The standard InChI is InChI=1S/C19H16ClFN4O/c20-15-5-1-13(2-6-15)11-23-19(26)17-9-18(25-12-24-17)22-10-14-3-7-16(21)8-4-14/h1-9,12H,10-11H2,(H,23,26)(H,22,24,25). The summed E-state index contributed by atoms with van der Waals surface area (Å²) in [6.45, 7) is 0.835. The molecule has 0 radical (unpaired) electrons. The smallest absolute Gasteiger partial charge is 0.270 e. The van der Waals surface area contributed by atoms with Crippen molar-refractivity contribution < 1.29 is 9.18 Å². The zero-order chi connectivity index (χ0) is 18.4. The van der Waals surface area contributed by atoms with Crippen molar-refractivity contribution in [2.45, 2.75) is 13.1 Å². The van der Waals surface area contributed by atoms with Gasteiger partial charge in [0.2, 0.25) is 0 Å². The fraction of sp³-hybridized carbons (Fsp3) is 0.105. The van der Waals surface area contributed by atoms with Crippen molar-refractivity contribution in [3.8, 4) is 0 Å². The number of aromatic nitrogens is 2. The van der Waals surface area contributed by atoms with Crippen LogP contribution in [-0.4, -0.2) is 15.9 Å². The first-order chi connectivity index (χ1) is 12.6. The number of halogens is 2. The summed E-state index contributed by atoms with van der Waals surface area (Å²) in [5, 5.41) is 6.53. The van der Waals surface area contributed by atoms with Gasteiger partial charge >= 0.3 is 0 Å². The van der Waals surface area contributed by atoms with Crippen molar-refractivity contribution in [2.24, 2.45) is 0 Å². The highest BCUT2D eigenvalue weighted by molar-refractivity contribution is 6.30. The van der Waals surface area contributed by atoms with Crippen LogP contribution in [0.3, 0.4) is 0 Å². The highest BCUT2D eigenvalue weighted by Gasteiger charge is 2.08. The van der Waals surface area contributed by atoms with Crippen molar-refractivity contribution in [3.05, 3.63) is 88.6 Å². The lowest BCUT2D eigenvalue weighted by Gasteiger charge is -2.08. The number of nitrogens with one attached hydrogen (secondary N) is 2. The molecule has 3 rings (SSSR count). The number of nitrogens with zero attached hydrogens (tertiary/aromatic N) is 2. The first kappa shape index (κ1) is 17.8. The zero-order valence-corrected chi connectivity index (χ0v) is 14.5. The first-order valence-corrected chi connectivity index (χ1v) is 8.31. The van der Waals surface area contributed by atoms with E-state index in [-0.39, 0.29) is 17.4 Å². The third kappa shape index (κ3) is 5.00. The fourth-order valence-electron chi connectivity index (χ4n) is 2.25. The van der Waals surface area contributed by atoms with E-state index in [1.54, 1.807) is 30.3 Å². The van der Waals surface area contributed by atoms with Gasteiger partial charge in [0, 0.05) is 24.2 Å². The van der Waals surface area contributed by atoms with Gasteiger partial charge in [0.05, 0.1) is 0 Å². The van der Waals surface area contributed by atoms with Crippen molar-refractivity contribution in [1.82, 2.24) is 15.3 Å². The number of hydrogen-bond donors (Lipinski definition) is 2. The fourth-order valence-corrected chi connectivity index (χ4v) is 2.37. The highest BCUT2D eigenvalue weighted by atomic mass is 35.5. The van der Waals surface area contributed by atoms with Crippen LogP contribution >= 0.6 is 11.6 Å². The summed E-state index contributed by atoms with van der Waals surface area (Å²) >= 11 is 5.84. The number of hydrogen-bond acceptors (Lipinski definition) is 4. The summed E-state index contributed by atoms with van der Waals surface area (Å²) in [6.07, 6.45) is 1.32. The molecule has 1 aromatic heterocycles. The molecule has 5 nitrogen and oxygen atoms in total. The molecular formula is C19H16ClFN4O. The molecule has 0 fully saturated rings. The molecule has 1 heterocycles. The van der Waals surface area contributed by atoms with Crippen molar-refractivity contribution >= 4 is 23.3 Å². The van der Waals surface area contributed by atoms with Crippen molar-refractivity contribution in [2.75, 3.05) is 5.32 Å². The summed E-state index contributed by atoms with van der Waals surface area (Å²) in [7, 11) is 0. The quantitative estimate of drug-likeness (QED) is 0.692. The van der Waals surface area contributed by atoms with E-state index in [1.807, 2.05) is 12.1 Å². The Morgan fingerprint density at radius 2 is 1.62 bits per heavy atom. The normalized spacial score (nSPS) is 10.4. The van der Waals surface area contributed by atoms with Gasteiger partial charge in [-0.15, -0.1) is 0 Å². The minimum absolute atomic E-state index is 0.260. The number of amides is 1. The molecule has 0 aliphatic carbocycles. The Labute approximate surface area is 155 Å². The molecule has 0 saturated carbocycles. The van der Waals surface area contributed by atoms with E-state index in [4.69, 9.17) is 11.6 Å². The molecule has 0 unspecified atom stereocenters. The maximum Gasteiger partial charge on any atom is 0.270 e. The second-order valence-electron chi connectivity index (χ2n) is 5.58. The maximum atomic E-state index is 12.9. The Kier molecular flexibility index (Phi) is 5.76. The molecular weight excluding hydrogens is 355 g/mol. The predicted octanol–water partition coefficient (Wildman–Crippen LogP) is 3.81. The average molecular weight is 371 g/mol. The summed E-state index contributed by atoms with van der Waals surface area (Å²) in [5.74, 6) is -0.0661. The molecule has 7 heteroatoms. The molecule has 0 aliphatic rings. The Balaban J connectivity index is 1.58. The van der Waals surface area contributed by atoms with Crippen LogP contribution in [0.1, 0.15) is 21.6 Å². The van der Waals surface area contributed by atoms with E-state index in [1.165, 1.54) is 18.5 Å². The number of carbonyl (C=O) groups excluding carboxylic acids is 1. The minimum Gasteiger partial charge on any atom is -0.366 e. The minimum atomic E-state index is -0.299. The largest absolute Gasteiger partial charge is 0.366 e. The van der Waals surface area contributed by atoms with E-state index >= 15 is 0 Å². The number of benzene rings is 2. The monoisotopic (exact) mass is 370 g/mol. The summed E-state index contributed by atoms with van der Waals surface area (Å²) in [4.78, 5) is 20.3. The van der Waals surface area contributed by atoms with Crippen LogP contribution in [0.2, 0.25) is 5.02 Å². The van der Waals surface area contributed by atoms with Crippen LogP contribution in [0.15, 0.2) is 60.9 Å². The molecule has 1 amide bonds. The Morgan fingerprint density at radius 3 is 2.35 bits per heavy atom. The summed E-state index contributed by atoms with van der Waals surface area (Å²) in [6, 6.07) is 15.0. The van der Waals surface area contributed by atoms with Gasteiger partial charge in [-0.05, 0) is 35.4 Å². The van der Waals surface area contributed by atoms with Crippen molar-refractivity contribution in [3.63, 3.8) is 0 Å². The van der Waals surface area contributed by atoms with E-state index in [0.717, 1.165) is 11.1 Å². The van der Waals surface area contributed by atoms with E-state index in [9.17, 15) is 9.18 Å². The van der Waals surface area contributed by atoms with Crippen LogP contribution in [-0.2, 0) is 13.1 Å². The third-order valence-corrected chi connectivity index (χ3v) is 3.90. The molecule has 0 aliphatic heterocycles. The number of carbonyl (C=O) groups is 1. The topological polar surface area (TPSA) is 66.9 Å². The lowest BCUT2D eigenvalue weighted by Crippen LogP contribution is -2.24. The van der Waals surface area contributed by atoms with Gasteiger partial charge in [-0.25, -0.2) is 14.4 Å². The Morgan fingerprint density at radius 1 is 0.962 bits per heavy atom. The van der Waals surface area contributed by atoms with E-state index in [2.05, 4.69) is 20.6 Å². The zero-order valence-electron chi connectivity index (χ0n) is 13.7. The van der Waals surface area contributed by atoms with Crippen molar-refractivity contribution in [1.29, 1.82) is 0 Å². The van der Waals surface area contributed by atoms with Crippen LogP contribution in [0.25, 0.3) is 0 Å². The second kappa shape index (κ2) is 8.40. The van der Waals surface area contributed by atoms with Crippen LogP contribution < -0.4 is 10.6 Å². The number of rotatable bonds is 6. The molecule has 3 aromatic rings. The van der Waals surface area contributed by atoms with Gasteiger partial charge in [-0.2, -0.15) is 0 Å². The van der Waals surface area contributed by atoms with E-state index < -0.39 is 0 Å². The SMILES string of the molecule is O=C(NCc1ccc(Cl)cc1)c1cc(NCc2ccc(F)cc2)ncn1. The maximum absolute atomic E-state index is 12.9. The molecule has 0 spiro atoms. The molecule has 26 heavy (non-hydrogen) atoms. The van der Waals surface area contributed by atoms with Gasteiger partial charge in [-0.1, -0.05) is 35.9 Å². The average Bonchev–Trinajstić information content (AvgIpc) is 2.67. The molecule has 132 valence electrons. The van der Waals surface area contributed by atoms with Crippen LogP contribution in [0.5, 0.6) is 0 Å². The van der Waals surface area contributed by atoms with Gasteiger partial charge in [0.15, 0.2) is 0 Å². The highest BCUT2D eigenvalue weighted by Crippen LogP contribution is 2.10. The summed E-state index contributed by atoms with van der Waals surface area (Å²) in [5.41, 5.74) is 2.10. The van der Waals surface area contributed by atoms with Crippen LogP contribution in [0.4, 0.5) is 10.2 Å². The van der Waals surface area contributed by atoms with Gasteiger partial charge < -0.3 is 10.6 Å². The lowest BCUT2D eigenvalue weighted by molar-refractivity contribution is 0.0946. The van der Waals surface area contributed by atoms with Crippen LogP contribution in [0, 0.1) is 5.82 Å².